The first-order valence-electron chi connectivity index (χ1n) is 9.24. The minimum absolute atomic E-state index is 0.206. The van der Waals surface area contributed by atoms with Crippen LogP contribution in [0.4, 0.5) is 4.79 Å². The molecule has 1 aromatic rings. The van der Waals surface area contributed by atoms with E-state index in [1.165, 1.54) is 0 Å². The van der Waals surface area contributed by atoms with Gasteiger partial charge in [-0.15, -0.1) is 0 Å². The number of hydrogen-bond acceptors (Lipinski definition) is 6. The van der Waals surface area contributed by atoms with Crippen molar-refractivity contribution in [1.29, 1.82) is 0 Å². The van der Waals surface area contributed by atoms with Gasteiger partial charge in [0.25, 0.3) is 0 Å². The number of piperidine rings is 1. The van der Waals surface area contributed by atoms with Gasteiger partial charge in [0.05, 0.1) is 5.70 Å². The number of hydrazine groups is 1. The molecule has 0 aliphatic carbocycles. The Kier molecular flexibility index (Phi) is 5.21. The van der Waals surface area contributed by atoms with E-state index >= 15 is 0 Å². The van der Waals surface area contributed by atoms with Gasteiger partial charge < -0.3 is 20.5 Å². The van der Waals surface area contributed by atoms with Crippen LogP contribution in [-0.2, 0) is 4.74 Å². The normalized spacial score (nSPS) is 18.5. The molecule has 2 aliphatic rings. The molecule has 1 amide bonds. The topological polar surface area (TPSA) is 99.9 Å². The number of nitrogens with two attached hydrogens (primary N) is 1. The molecule has 7 heteroatoms. The number of rotatable bonds is 2. The highest BCUT2D eigenvalue weighted by Crippen LogP contribution is 2.32. The van der Waals surface area contributed by atoms with E-state index in [1.54, 1.807) is 17.0 Å². The average Bonchev–Trinajstić information content (AvgIpc) is 2.61. The van der Waals surface area contributed by atoms with Gasteiger partial charge in [0, 0.05) is 18.7 Å². The van der Waals surface area contributed by atoms with Crippen LogP contribution in [0.15, 0.2) is 41.7 Å². The highest BCUT2D eigenvalue weighted by molar-refractivity contribution is 5.72. The molecule has 0 atom stereocenters. The van der Waals surface area contributed by atoms with Gasteiger partial charge >= 0.3 is 6.09 Å². The molecule has 27 heavy (non-hydrogen) atoms. The Balaban J connectivity index is 1.70. The van der Waals surface area contributed by atoms with Crippen molar-refractivity contribution in [3.05, 3.63) is 47.3 Å². The van der Waals surface area contributed by atoms with Gasteiger partial charge in [-0.05, 0) is 63.3 Å². The van der Waals surface area contributed by atoms with E-state index in [9.17, 15) is 9.90 Å². The zero-order valence-electron chi connectivity index (χ0n) is 16.1. The summed E-state index contributed by atoms with van der Waals surface area (Å²) in [6.45, 7) is 6.87. The minimum atomic E-state index is -0.491. The van der Waals surface area contributed by atoms with Crippen LogP contribution in [0.3, 0.4) is 0 Å². The largest absolute Gasteiger partial charge is 0.507 e. The molecule has 0 saturated carbocycles. The lowest BCUT2D eigenvalue weighted by atomic mass is 9.87. The SMILES string of the molecule is CC(C)(C)OC(=O)N1CCC(C2=C(N)NNC(c3ccccc3O)=C2)CC1. The summed E-state index contributed by atoms with van der Waals surface area (Å²) >= 11 is 0. The summed E-state index contributed by atoms with van der Waals surface area (Å²) in [5, 5.41) is 10.1. The fourth-order valence-electron chi connectivity index (χ4n) is 3.36. The van der Waals surface area contributed by atoms with Crippen molar-refractivity contribution in [3.8, 4) is 5.75 Å². The summed E-state index contributed by atoms with van der Waals surface area (Å²) in [5.74, 6) is 1.02. The van der Waals surface area contributed by atoms with Crippen LogP contribution in [0.5, 0.6) is 5.75 Å². The number of nitrogens with zero attached hydrogens (tertiary/aromatic N) is 1. The molecule has 2 heterocycles. The Hall–Kier alpha value is -2.83. The summed E-state index contributed by atoms with van der Waals surface area (Å²) < 4.78 is 5.46. The molecule has 2 aliphatic heterocycles. The smallest absolute Gasteiger partial charge is 0.410 e. The van der Waals surface area contributed by atoms with Crippen molar-refractivity contribution < 1.29 is 14.6 Å². The summed E-state index contributed by atoms with van der Waals surface area (Å²) in [6, 6.07) is 7.16. The summed E-state index contributed by atoms with van der Waals surface area (Å²) in [4.78, 5) is 14.0. The van der Waals surface area contributed by atoms with Crippen molar-refractivity contribution in [2.45, 2.75) is 39.2 Å². The number of para-hydroxylation sites is 1. The van der Waals surface area contributed by atoms with Crippen molar-refractivity contribution in [1.82, 2.24) is 15.8 Å². The van der Waals surface area contributed by atoms with Crippen LogP contribution in [0.2, 0.25) is 0 Å². The third-order valence-electron chi connectivity index (χ3n) is 4.72. The molecule has 5 N–H and O–H groups in total. The predicted molar refractivity (Wildman–Crippen MR) is 104 cm³/mol. The summed E-state index contributed by atoms with van der Waals surface area (Å²) in [6.07, 6.45) is 3.33. The first kappa shape index (κ1) is 18.9. The van der Waals surface area contributed by atoms with E-state index in [-0.39, 0.29) is 17.8 Å². The van der Waals surface area contributed by atoms with Crippen LogP contribution in [0.1, 0.15) is 39.2 Å². The number of hydrogen-bond donors (Lipinski definition) is 4. The maximum atomic E-state index is 12.2. The molecule has 0 unspecified atom stereocenters. The second-order valence-corrected chi connectivity index (χ2v) is 7.94. The number of nitrogens with one attached hydrogen (secondary N) is 2. The van der Waals surface area contributed by atoms with Crippen LogP contribution in [0, 0.1) is 5.92 Å². The molecule has 1 aromatic carbocycles. The van der Waals surface area contributed by atoms with Crippen LogP contribution < -0.4 is 16.6 Å². The number of carbonyl (C=O) groups excluding carboxylic acids is 1. The number of benzene rings is 1. The fourth-order valence-corrected chi connectivity index (χ4v) is 3.36. The Morgan fingerprint density at radius 2 is 1.89 bits per heavy atom. The molecule has 7 nitrogen and oxygen atoms in total. The van der Waals surface area contributed by atoms with Gasteiger partial charge in [-0.25, -0.2) is 4.79 Å². The first-order chi connectivity index (χ1) is 12.7. The van der Waals surface area contributed by atoms with E-state index in [0.717, 1.165) is 24.1 Å². The number of amides is 1. The molecule has 1 saturated heterocycles. The van der Waals surface area contributed by atoms with Crippen molar-refractivity contribution in [3.63, 3.8) is 0 Å². The third kappa shape index (κ3) is 4.48. The lowest BCUT2D eigenvalue weighted by molar-refractivity contribution is 0.0195. The zero-order chi connectivity index (χ0) is 19.6. The van der Waals surface area contributed by atoms with Gasteiger partial charge in [0.2, 0.25) is 0 Å². The second-order valence-electron chi connectivity index (χ2n) is 7.94. The molecule has 0 spiro atoms. The molecule has 0 aromatic heterocycles. The Bertz CT molecular complexity index is 772. The highest BCUT2D eigenvalue weighted by atomic mass is 16.6. The van der Waals surface area contributed by atoms with Gasteiger partial charge in [0.15, 0.2) is 0 Å². The molecule has 0 radical (unpaired) electrons. The van der Waals surface area contributed by atoms with Gasteiger partial charge in [0.1, 0.15) is 17.2 Å². The van der Waals surface area contributed by atoms with Crippen LogP contribution in [-0.4, -0.2) is 34.8 Å². The van der Waals surface area contributed by atoms with Crippen LogP contribution >= 0.6 is 0 Å². The molecular formula is C20H28N4O3. The van der Waals surface area contributed by atoms with Gasteiger partial charge in [-0.3, -0.25) is 10.9 Å². The Morgan fingerprint density at radius 1 is 1.22 bits per heavy atom. The second kappa shape index (κ2) is 7.42. The van der Waals surface area contributed by atoms with Crippen LogP contribution in [0.25, 0.3) is 5.70 Å². The number of phenols is 1. The van der Waals surface area contributed by atoms with Gasteiger partial charge in [-0.1, -0.05) is 12.1 Å². The number of carbonyl (C=O) groups is 1. The lowest BCUT2D eigenvalue weighted by Gasteiger charge is -2.35. The Labute approximate surface area is 159 Å². The van der Waals surface area contributed by atoms with E-state index in [4.69, 9.17) is 10.5 Å². The molecular weight excluding hydrogens is 344 g/mol. The Morgan fingerprint density at radius 3 is 2.52 bits per heavy atom. The van der Waals surface area contributed by atoms with E-state index in [1.807, 2.05) is 39.0 Å². The lowest BCUT2D eigenvalue weighted by Crippen LogP contribution is -2.43. The molecule has 1 fully saturated rings. The van der Waals surface area contributed by atoms with E-state index in [0.29, 0.717) is 24.5 Å². The molecule has 146 valence electrons. The first-order valence-corrected chi connectivity index (χ1v) is 9.24. The third-order valence-corrected chi connectivity index (χ3v) is 4.72. The maximum absolute atomic E-state index is 12.2. The number of ether oxygens (including phenoxy) is 1. The summed E-state index contributed by atoms with van der Waals surface area (Å²) in [7, 11) is 0. The van der Waals surface area contributed by atoms with Crippen molar-refractivity contribution in [2.75, 3.05) is 13.1 Å². The van der Waals surface area contributed by atoms with E-state index in [2.05, 4.69) is 10.9 Å². The van der Waals surface area contributed by atoms with E-state index < -0.39 is 5.60 Å². The number of allylic oxidation sites excluding steroid dienone is 2. The number of likely N-dealkylation sites (tertiary alicyclic amines) is 1. The quantitative estimate of drug-likeness (QED) is 0.637. The average molecular weight is 372 g/mol. The van der Waals surface area contributed by atoms with Crippen molar-refractivity contribution >= 4 is 11.8 Å². The standard InChI is InChI=1S/C20H28N4O3/c1-20(2,3)27-19(26)24-10-8-13(9-11-24)15-12-16(22-23-18(15)21)14-6-4-5-7-17(14)25/h4-7,12-13,22-23,25H,8-11,21H2,1-3H3. The van der Waals surface area contributed by atoms with Gasteiger partial charge in [-0.2, -0.15) is 0 Å². The molecule has 3 rings (SSSR count). The predicted octanol–water partition coefficient (Wildman–Crippen LogP) is 2.66. The highest BCUT2D eigenvalue weighted by Gasteiger charge is 2.30. The summed E-state index contributed by atoms with van der Waals surface area (Å²) in [5.41, 5.74) is 14.2. The fraction of sp³-hybridized carbons (Fsp3) is 0.450. The monoisotopic (exact) mass is 372 g/mol. The zero-order valence-corrected chi connectivity index (χ0v) is 16.1. The maximum Gasteiger partial charge on any atom is 0.410 e. The number of phenolic OH excluding ortho intramolecular Hbond substituents is 1. The van der Waals surface area contributed by atoms with Crippen molar-refractivity contribution in [2.24, 2.45) is 11.7 Å². The molecule has 0 bridgehead atoms. The minimum Gasteiger partial charge on any atom is -0.507 e. The number of aromatic hydroxyl groups is 1.